The molecule has 128 valence electrons. The number of amides is 1. The number of carbonyl (C=O) groups excluding carboxylic acids is 1. The van der Waals surface area contributed by atoms with Gasteiger partial charge in [-0.2, -0.15) is 0 Å². The number of benzene rings is 1. The second kappa shape index (κ2) is 6.82. The Labute approximate surface area is 143 Å². The average molecular weight is 353 g/mol. The molecule has 0 spiro atoms. The van der Waals surface area contributed by atoms with E-state index in [9.17, 15) is 13.6 Å². The number of thiocarbonyl (C=S) groups is 1. The second-order valence-electron chi connectivity index (χ2n) is 5.61. The molecular formula is C16H17F2N3O2S. The van der Waals surface area contributed by atoms with Gasteiger partial charge in [-0.15, -0.1) is 0 Å². The van der Waals surface area contributed by atoms with Gasteiger partial charge in [0.15, 0.2) is 5.11 Å². The van der Waals surface area contributed by atoms with E-state index >= 15 is 0 Å². The molecule has 0 aliphatic carbocycles. The smallest absolute Gasteiger partial charge is 0.254 e. The zero-order valence-electron chi connectivity index (χ0n) is 13.1. The van der Waals surface area contributed by atoms with E-state index in [1.165, 1.54) is 6.07 Å². The molecule has 0 bridgehead atoms. The summed E-state index contributed by atoms with van der Waals surface area (Å²) in [7, 11) is 0. The third-order valence-electron chi connectivity index (χ3n) is 4.09. The summed E-state index contributed by atoms with van der Waals surface area (Å²) in [6.07, 6.45) is 0. The van der Waals surface area contributed by atoms with E-state index in [-0.39, 0.29) is 22.2 Å². The molecule has 2 aliphatic heterocycles. The first-order chi connectivity index (χ1) is 11.5. The van der Waals surface area contributed by atoms with Crippen molar-refractivity contribution in [3.05, 3.63) is 46.7 Å². The van der Waals surface area contributed by atoms with Crippen LogP contribution >= 0.6 is 12.2 Å². The zero-order chi connectivity index (χ0) is 17.3. The van der Waals surface area contributed by atoms with Crippen LogP contribution in [-0.4, -0.2) is 42.2 Å². The van der Waals surface area contributed by atoms with Gasteiger partial charge in [0.05, 0.1) is 30.4 Å². The zero-order valence-corrected chi connectivity index (χ0v) is 13.9. The van der Waals surface area contributed by atoms with Crippen molar-refractivity contribution in [3.63, 3.8) is 0 Å². The van der Waals surface area contributed by atoms with Crippen molar-refractivity contribution < 1.29 is 18.3 Å². The third kappa shape index (κ3) is 3.11. The summed E-state index contributed by atoms with van der Waals surface area (Å²) in [6.45, 7) is 3.43. The number of morpholine rings is 1. The van der Waals surface area contributed by atoms with Gasteiger partial charge in [-0.3, -0.25) is 4.79 Å². The van der Waals surface area contributed by atoms with Crippen LogP contribution in [0.3, 0.4) is 0 Å². The van der Waals surface area contributed by atoms with Gasteiger partial charge < -0.3 is 20.3 Å². The Morgan fingerprint density at radius 2 is 1.92 bits per heavy atom. The predicted octanol–water partition coefficient (Wildman–Crippen LogP) is 1.62. The number of hydrogen-bond donors (Lipinski definition) is 2. The van der Waals surface area contributed by atoms with Crippen LogP contribution in [0.2, 0.25) is 0 Å². The van der Waals surface area contributed by atoms with E-state index in [4.69, 9.17) is 17.0 Å². The molecule has 1 aromatic rings. The minimum absolute atomic E-state index is 0.211. The number of hydrogen-bond acceptors (Lipinski definition) is 3. The topological polar surface area (TPSA) is 53.6 Å². The van der Waals surface area contributed by atoms with E-state index < -0.39 is 17.7 Å². The number of carbonyl (C=O) groups is 1. The summed E-state index contributed by atoms with van der Waals surface area (Å²) >= 11 is 5.10. The van der Waals surface area contributed by atoms with Crippen LogP contribution in [0.5, 0.6) is 0 Å². The van der Waals surface area contributed by atoms with Crippen molar-refractivity contribution in [3.8, 4) is 0 Å². The van der Waals surface area contributed by atoms with E-state index in [1.54, 1.807) is 11.8 Å². The number of nitrogens with zero attached hydrogens (tertiary/aromatic N) is 1. The van der Waals surface area contributed by atoms with Crippen LogP contribution in [0.15, 0.2) is 29.5 Å². The number of halogens is 2. The standard InChI is InChI=1S/C16H17F2N3O2S/c1-9-12(15(22)21-5-7-23-8-6-21)14(20-16(24)19-9)13-10(17)3-2-4-11(13)18/h2-4,14H,5-8H2,1H3,(H2,19,20,24). The summed E-state index contributed by atoms with van der Waals surface area (Å²) < 4.78 is 33.8. The van der Waals surface area contributed by atoms with Crippen molar-refractivity contribution in [2.24, 2.45) is 0 Å². The summed E-state index contributed by atoms with van der Waals surface area (Å²) in [5.41, 5.74) is 0.537. The Kier molecular flexibility index (Phi) is 4.77. The fraction of sp³-hybridized carbons (Fsp3) is 0.375. The van der Waals surface area contributed by atoms with Crippen molar-refractivity contribution in [2.45, 2.75) is 13.0 Å². The number of nitrogens with one attached hydrogen (secondary N) is 2. The van der Waals surface area contributed by atoms with Crippen molar-refractivity contribution in [1.29, 1.82) is 0 Å². The largest absolute Gasteiger partial charge is 0.378 e. The molecule has 1 atom stereocenters. The first-order valence-corrected chi connectivity index (χ1v) is 7.99. The lowest BCUT2D eigenvalue weighted by atomic mass is 9.93. The number of allylic oxidation sites excluding steroid dienone is 1. The Morgan fingerprint density at radius 1 is 1.29 bits per heavy atom. The van der Waals surface area contributed by atoms with Gasteiger partial charge >= 0.3 is 0 Å². The predicted molar refractivity (Wildman–Crippen MR) is 88.1 cm³/mol. The third-order valence-corrected chi connectivity index (χ3v) is 4.31. The van der Waals surface area contributed by atoms with Crippen LogP contribution in [0.4, 0.5) is 8.78 Å². The summed E-state index contributed by atoms with van der Waals surface area (Å²) in [5.74, 6) is -1.74. The molecule has 1 fully saturated rings. The molecule has 1 amide bonds. The fourth-order valence-corrected chi connectivity index (χ4v) is 3.19. The average Bonchev–Trinajstić information content (AvgIpc) is 2.54. The van der Waals surface area contributed by atoms with Gasteiger partial charge in [0.1, 0.15) is 11.6 Å². The lowest BCUT2D eigenvalue weighted by molar-refractivity contribution is -0.131. The molecule has 0 radical (unpaired) electrons. The highest BCUT2D eigenvalue weighted by Crippen LogP contribution is 2.31. The molecule has 1 unspecified atom stereocenters. The molecule has 2 heterocycles. The lowest BCUT2D eigenvalue weighted by Gasteiger charge is -2.35. The second-order valence-corrected chi connectivity index (χ2v) is 6.02. The van der Waals surface area contributed by atoms with E-state index in [0.717, 1.165) is 12.1 Å². The van der Waals surface area contributed by atoms with Crippen LogP contribution in [0.25, 0.3) is 0 Å². The van der Waals surface area contributed by atoms with Gasteiger partial charge in [0.25, 0.3) is 5.91 Å². The molecule has 3 rings (SSSR count). The van der Waals surface area contributed by atoms with Gasteiger partial charge in [-0.05, 0) is 31.3 Å². The van der Waals surface area contributed by atoms with Gasteiger partial charge in [0, 0.05) is 18.8 Å². The van der Waals surface area contributed by atoms with Crippen LogP contribution in [0, 0.1) is 11.6 Å². The SMILES string of the molecule is CC1=C(C(=O)N2CCOCC2)C(c2c(F)cccc2F)NC(=S)N1. The first kappa shape index (κ1) is 16.8. The van der Waals surface area contributed by atoms with Crippen LogP contribution in [0.1, 0.15) is 18.5 Å². The maximum Gasteiger partial charge on any atom is 0.254 e. The van der Waals surface area contributed by atoms with E-state index in [0.29, 0.717) is 32.0 Å². The minimum Gasteiger partial charge on any atom is -0.378 e. The molecule has 24 heavy (non-hydrogen) atoms. The first-order valence-electron chi connectivity index (χ1n) is 7.58. The monoisotopic (exact) mass is 353 g/mol. The number of rotatable bonds is 2. The Hall–Kier alpha value is -2.06. The summed E-state index contributed by atoms with van der Waals surface area (Å²) in [4.78, 5) is 14.5. The van der Waals surface area contributed by atoms with Crippen LogP contribution in [-0.2, 0) is 9.53 Å². The Morgan fingerprint density at radius 3 is 2.54 bits per heavy atom. The highest BCUT2D eigenvalue weighted by atomic mass is 32.1. The maximum absolute atomic E-state index is 14.3. The highest BCUT2D eigenvalue weighted by Gasteiger charge is 2.35. The van der Waals surface area contributed by atoms with Gasteiger partial charge in [-0.25, -0.2) is 8.78 Å². The highest BCUT2D eigenvalue weighted by molar-refractivity contribution is 7.80. The lowest BCUT2D eigenvalue weighted by Crippen LogP contribution is -2.50. The Balaban J connectivity index is 2.04. The molecule has 1 saturated heterocycles. The molecule has 2 aliphatic rings. The fourth-order valence-electron chi connectivity index (χ4n) is 2.92. The molecule has 8 heteroatoms. The quantitative estimate of drug-likeness (QED) is 0.792. The molecular weight excluding hydrogens is 336 g/mol. The van der Waals surface area contributed by atoms with Gasteiger partial charge in [0.2, 0.25) is 0 Å². The molecule has 2 N–H and O–H groups in total. The molecule has 1 aromatic carbocycles. The van der Waals surface area contributed by atoms with E-state index in [1.807, 2.05) is 0 Å². The normalized spacial score (nSPS) is 21.4. The van der Waals surface area contributed by atoms with Gasteiger partial charge in [-0.1, -0.05) is 6.07 Å². The van der Waals surface area contributed by atoms with Crippen LogP contribution < -0.4 is 10.6 Å². The Bertz CT molecular complexity index is 697. The van der Waals surface area contributed by atoms with E-state index in [2.05, 4.69) is 10.6 Å². The van der Waals surface area contributed by atoms with Crippen molar-refractivity contribution >= 4 is 23.2 Å². The summed E-state index contributed by atoms with van der Waals surface area (Å²) in [5, 5.41) is 5.90. The van der Waals surface area contributed by atoms with Crippen molar-refractivity contribution in [1.82, 2.24) is 15.5 Å². The molecule has 0 saturated carbocycles. The summed E-state index contributed by atoms with van der Waals surface area (Å²) in [6, 6.07) is 2.64. The maximum atomic E-state index is 14.3. The minimum atomic E-state index is -0.977. The number of ether oxygens (including phenoxy) is 1. The molecule has 0 aromatic heterocycles. The molecule has 5 nitrogen and oxygen atoms in total. The van der Waals surface area contributed by atoms with Crippen molar-refractivity contribution in [2.75, 3.05) is 26.3 Å².